The molecule has 0 fully saturated rings. The van der Waals surface area contributed by atoms with Crippen molar-refractivity contribution in [2.75, 3.05) is 5.32 Å². The first-order chi connectivity index (χ1) is 8.58. The van der Waals surface area contributed by atoms with Gasteiger partial charge in [-0.15, -0.1) is 11.3 Å². The summed E-state index contributed by atoms with van der Waals surface area (Å²) in [5.74, 6) is 0. The minimum absolute atomic E-state index is 0.160. The molecule has 18 heavy (non-hydrogen) atoms. The first-order valence-corrected chi connectivity index (χ1v) is 6.48. The summed E-state index contributed by atoms with van der Waals surface area (Å²) in [6.45, 7) is 4.58. The van der Waals surface area contributed by atoms with E-state index < -0.39 is 0 Å². The summed E-state index contributed by atoms with van der Waals surface area (Å²) in [7, 11) is 0. The van der Waals surface area contributed by atoms with E-state index in [1.54, 1.807) is 36.5 Å². The Morgan fingerprint density at radius 1 is 1.28 bits per heavy atom. The zero-order valence-corrected chi connectivity index (χ0v) is 11.1. The molecule has 2 rings (SSSR count). The summed E-state index contributed by atoms with van der Waals surface area (Å²) in [5, 5.41) is 16.1. The third kappa shape index (κ3) is 2.68. The number of nitro benzene ring substituents is 1. The van der Waals surface area contributed by atoms with Gasteiger partial charge in [0.15, 0.2) is 0 Å². The Balaban J connectivity index is 2.09. The SMILES string of the molecule is Cc1cc(NCc2sccc2C)ccc1[N+](=O)[O-]. The van der Waals surface area contributed by atoms with Crippen molar-refractivity contribution in [1.82, 2.24) is 0 Å². The number of nitrogens with zero attached hydrogens (tertiary/aromatic N) is 1. The van der Waals surface area contributed by atoms with Gasteiger partial charge in [-0.2, -0.15) is 0 Å². The van der Waals surface area contributed by atoms with Crippen molar-refractivity contribution in [3.63, 3.8) is 0 Å². The number of benzene rings is 1. The van der Waals surface area contributed by atoms with Crippen LogP contribution in [-0.2, 0) is 6.54 Å². The maximum atomic E-state index is 10.7. The van der Waals surface area contributed by atoms with E-state index in [9.17, 15) is 10.1 Å². The minimum Gasteiger partial charge on any atom is -0.380 e. The quantitative estimate of drug-likeness (QED) is 0.672. The highest BCUT2D eigenvalue weighted by Gasteiger charge is 2.10. The van der Waals surface area contributed by atoms with Gasteiger partial charge < -0.3 is 5.32 Å². The molecule has 0 bridgehead atoms. The molecule has 0 saturated carbocycles. The zero-order valence-electron chi connectivity index (χ0n) is 10.3. The third-order valence-corrected chi connectivity index (χ3v) is 3.84. The lowest BCUT2D eigenvalue weighted by molar-refractivity contribution is -0.385. The zero-order chi connectivity index (χ0) is 13.1. The van der Waals surface area contributed by atoms with Crippen LogP contribution in [0.5, 0.6) is 0 Å². The van der Waals surface area contributed by atoms with Crippen LogP contribution in [0, 0.1) is 24.0 Å². The highest BCUT2D eigenvalue weighted by molar-refractivity contribution is 7.10. The molecule has 0 amide bonds. The molecule has 0 unspecified atom stereocenters. The second-order valence-electron chi connectivity index (χ2n) is 4.14. The summed E-state index contributed by atoms with van der Waals surface area (Å²) in [6.07, 6.45) is 0. The van der Waals surface area contributed by atoms with Crippen LogP contribution in [0.1, 0.15) is 16.0 Å². The molecule has 4 nitrogen and oxygen atoms in total. The van der Waals surface area contributed by atoms with Crippen LogP contribution in [0.4, 0.5) is 11.4 Å². The van der Waals surface area contributed by atoms with Crippen molar-refractivity contribution in [2.45, 2.75) is 20.4 Å². The lowest BCUT2D eigenvalue weighted by Gasteiger charge is -2.07. The maximum Gasteiger partial charge on any atom is 0.272 e. The largest absolute Gasteiger partial charge is 0.380 e. The fourth-order valence-electron chi connectivity index (χ4n) is 1.74. The van der Waals surface area contributed by atoms with Crippen molar-refractivity contribution < 1.29 is 4.92 Å². The lowest BCUT2D eigenvalue weighted by atomic mass is 10.2. The number of nitro groups is 1. The summed E-state index contributed by atoms with van der Waals surface area (Å²) >= 11 is 1.71. The first kappa shape index (κ1) is 12.6. The van der Waals surface area contributed by atoms with Gasteiger partial charge in [-0.1, -0.05) is 0 Å². The van der Waals surface area contributed by atoms with E-state index in [4.69, 9.17) is 0 Å². The Labute approximate surface area is 109 Å². The molecule has 0 spiro atoms. The first-order valence-electron chi connectivity index (χ1n) is 5.60. The Hall–Kier alpha value is -1.88. The van der Waals surface area contributed by atoms with Gasteiger partial charge in [0.2, 0.25) is 0 Å². The predicted molar refractivity (Wildman–Crippen MR) is 74.2 cm³/mol. The summed E-state index contributed by atoms with van der Waals surface area (Å²) < 4.78 is 0. The van der Waals surface area contributed by atoms with E-state index in [1.165, 1.54) is 10.4 Å². The molecule has 1 heterocycles. The molecule has 94 valence electrons. The number of anilines is 1. The van der Waals surface area contributed by atoms with E-state index in [0.717, 1.165) is 12.2 Å². The smallest absolute Gasteiger partial charge is 0.272 e. The molecule has 0 aliphatic carbocycles. The Morgan fingerprint density at radius 3 is 2.61 bits per heavy atom. The highest BCUT2D eigenvalue weighted by Crippen LogP contribution is 2.23. The predicted octanol–water partition coefficient (Wildman–Crippen LogP) is 3.89. The molecular formula is C13H14N2O2S. The molecule has 0 saturated heterocycles. The standard InChI is InChI=1S/C13H14N2O2S/c1-9-5-6-18-13(9)8-14-11-3-4-12(15(16)17)10(2)7-11/h3-7,14H,8H2,1-2H3. The van der Waals surface area contributed by atoms with Crippen molar-refractivity contribution in [3.8, 4) is 0 Å². The molecule has 2 aromatic rings. The number of hydrogen-bond acceptors (Lipinski definition) is 4. The second-order valence-corrected chi connectivity index (χ2v) is 5.14. The third-order valence-electron chi connectivity index (χ3n) is 2.81. The molecule has 0 aliphatic rings. The van der Waals surface area contributed by atoms with E-state index >= 15 is 0 Å². The Morgan fingerprint density at radius 2 is 2.06 bits per heavy atom. The van der Waals surface area contributed by atoms with Crippen molar-refractivity contribution in [1.29, 1.82) is 0 Å². The van der Waals surface area contributed by atoms with Crippen LogP contribution in [0.3, 0.4) is 0 Å². The number of nitrogens with one attached hydrogen (secondary N) is 1. The molecular weight excluding hydrogens is 248 g/mol. The molecule has 5 heteroatoms. The van der Waals surface area contributed by atoms with Crippen molar-refractivity contribution in [2.24, 2.45) is 0 Å². The van der Waals surface area contributed by atoms with Crippen molar-refractivity contribution in [3.05, 3.63) is 55.8 Å². The lowest BCUT2D eigenvalue weighted by Crippen LogP contribution is -2.00. The Bertz CT molecular complexity index is 578. The molecule has 1 aromatic carbocycles. The van der Waals surface area contributed by atoms with Crippen LogP contribution in [0.15, 0.2) is 29.6 Å². The van der Waals surface area contributed by atoms with Crippen LogP contribution >= 0.6 is 11.3 Å². The van der Waals surface area contributed by atoms with Gasteiger partial charge in [-0.05, 0) is 43.0 Å². The molecule has 0 radical (unpaired) electrons. The average Bonchev–Trinajstić information content (AvgIpc) is 2.72. The molecule has 1 N–H and O–H groups in total. The topological polar surface area (TPSA) is 55.2 Å². The molecule has 0 atom stereocenters. The maximum absolute atomic E-state index is 10.7. The summed E-state index contributed by atoms with van der Waals surface area (Å²) in [4.78, 5) is 11.6. The summed E-state index contributed by atoms with van der Waals surface area (Å²) in [5.41, 5.74) is 3.01. The summed E-state index contributed by atoms with van der Waals surface area (Å²) in [6, 6.07) is 7.18. The normalized spacial score (nSPS) is 10.3. The fraction of sp³-hybridized carbons (Fsp3) is 0.231. The highest BCUT2D eigenvalue weighted by atomic mass is 32.1. The van der Waals surface area contributed by atoms with Crippen LogP contribution < -0.4 is 5.32 Å². The van der Waals surface area contributed by atoms with E-state index in [2.05, 4.69) is 23.7 Å². The number of thiophene rings is 1. The van der Waals surface area contributed by atoms with Crippen molar-refractivity contribution >= 4 is 22.7 Å². The van der Waals surface area contributed by atoms with Crippen LogP contribution in [-0.4, -0.2) is 4.92 Å². The van der Waals surface area contributed by atoms with Gasteiger partial charge in [0.1, 0.15) is 0 Å². The van der Waals surface area contributed by atoms with Gasteiger partial charge in [0.05, 0.1) is 4.92 Å². The average molecular weight is 262 g/mol. The van der Waals surface area contributed by atoms with E-state index in [1.807, 2.05) is 0 Å². The van der Waals surface area contributed by atoms with E-state index in [0.29, 0.717) is 5.56 Å². The van der Waals surface area contributed by atoms with Gasteiger partial charge in [0, 0.05) is 28.7 Å². The van der Waals surface area contributed by atoms with E-state index in [-0.39, 0.29) is 10.6 Å². The van der Waals surface area contributed by atoms with Gasteiger partial charge in [-0.25, -0.2) is 0 Å². The molecule has 0 aliphatic heterocycles. The minimum atomic E-state index is -0.359. The van der Waals surface area contributed by atoms with Gasteiger partial charge >= 0.3 is 0 Å². The molecule has 1 aromatic heterocycles. The van der Waals surface area contributed by atoms with Crippen LogP contribution in [0.25, 0.3) is 0 Å². The number of aryl methyl sites for hydroxylation is 2. The number of hydrogen-bond donors (Lipinski definition) is 1. The van der Waals surface area contributed by atoms with Gasteiger partial charge in [-0.3, -0.25) is 10.1 Å². The van der Waals surface area contributed by atoms with Gasteiger partial charge in [0.25, 0.3) is 5.69 Å². The number of rotatable bonds is 4. The van der Waals surface area contributed by atoms with Crippen LogP contribution in [0.2, 0.25) is 0 Å². The Kier molecular flexibility index (Phi) is 3.62. The monoisotopic (exact) mass is 262 g/mol. The fourth-order valence-corrected chi connectivity index (χ4v) is 2.58. The second kappa shape index (κ2) is 5.18.